The summed E-state index contributed by atoms with van der Waals surface area (Å²) in [5.74, 6) is -10.2. The lowest BCUT2D eigenvalue weighted by Crippen LogP contribution is -2.59. The lowest BCUT2D eigenvalue weighted by molar-refractivity contribution is -0.147. The summed E-state index contributed by atoms with van der Waals surface area (Å²) in [6.07, 6.45) is 2.28. The Bertz CT molecular complexity index is 3050. The summed E-state index contributed by atoms with van der Waals surface area (Å²) in [6.45, 7) is 2.56. The number of halogens is 2. The maximum absolute atomic E-state index is 14.4. The number of methoxy groups -OCH3 is 1. The van der Waals surface area contributed by atoms with E-state index in [0.717, 1.165) is 29.6 Å². The number of nitriles is 1. The first-order valence-corrected chi connectivity index (χ1v) is 31.6. The molecule has 6 rings (SSSR count). The van der Waals surface area contributed by atoms with Crippen LogP contribution >= 0.6 is 11.8 Å². The van der Waals surface area contributed by atoms with Crippen LogP contribution in [0, 0.1) is 18.3 Å². The molecule has 3 atom stereocenters. The number of rotatable bonds is 31. The minimum Gasteiger partial charge on any atom is -0.494 e. The van der Waals surface area contributed by atoms with Crippen LogP contribution in [0.5, 0.6) is 5.75 Å². The van der Waals surface area contributed by atoms with Crippen LogP contribution in [0.15, 0.2) is 54.7 Å². The lowest BCUT2D eigenvalue weighted by atomic mass is 10.1. The van der Waals surface area contributed by atoms with Crippen molar-refractivity contribution in [1.82, 2.24) is 60.6 Å². The summed E-state index contributed by atoms with van der Waals surface area (Å²) >= 11 is 1.25. The number of ether oxygens (including phenoxy) is 2. The molecule has 7 N–H and O–H groups in total. The molecule has 3 fully saturated rings. The Morgan fingerprint density at radius 3 is 1.92 bits per heavy atom. The fraction of sp³-hybridized carbons (Fsp3) is 0.574. The molecule has 3 aromatic rings. The van der Waals surface area contributed by atoms with Crippen LogP contribution in [0.4, 0.5) is 8.78 Å². The Kier molecular flexibility index (Phi) is 29.1. The highest BCUT2D eigenvalue weighted by molar-refractivity contribution is 7.99. The molecule has 1 aromatic heterocycles. The van der Waals surface area contributed by atoms with E-state index in [1.54, 1.807) is 43.9 Å². The van der Waals surface area contributed by atoms with Crippen LogP contribution in [0.1, 0.15) is 53.6 Å². The van der Waals surface area contributed by atoms with Gasteiger partial charge in [-0.1, -0.05) is 29.8 Å². The molecular weight excluding hydrogens is 1220 g/mol. The average Bonchev–Trinajstić information content (AvgIpc) is 1.16. The summed E-state index contributed by atoms with van der Waals surface area (Å²) in [7, 11) is 1.14. The topological polar surface area (TPSA) is 357 Å². The minimum absolute atomic E-state index is 0.0342. The Labute approximate surface area is 536 Å². The number of aryl methyl sites for hydroxylation is 2. The van der Waals surface area contributed by atoms with Crippen LogP contribution < -0.4 is 26.0 Å². The van der Waals surface area contributed by atoms with Crippen LogP contribution in [0.2, 0.25) is 0 Å². The van der Waals surface area contributed by atoms with Gasteiger partial charge >= 0.3 is 23.9 Å². The van der Waals surface area contributed by atoms with Gasteiger partial charge in [-0.25, -0.2) is 8.78 Å². The van der Waals surface area contributed by atoms with Gasteiger partial charge in [0.05, 0.1) is 76.6 Å². The number of nitrogens with zero attached hydrogens (tertiary/aromatic N) is 9. The summed E-state index contributed by atoms with van der Waals surface area (Å²) in [5.41, 5.74) is 2.86. The normalized spacial score (nSPS) is 17.8. The molecule has 3 saturated heterocycles. The zero-order valence-corrected chi connectivity index (χ0v) is 52.7. The number of likely N-dealkylation sites (tertiary alicyclic amines) is 1. The summed E-state index contributed by atoms with van der Waals surface area (Å²) < 4.78 is 38.9. The highest BCUT2D eigenvalue weighted by Crippen LogP contribution is 2.32. The van der Waals surface area contributed by atoms with Crippen molar-refractivity contribution in [3.8, 4) is 11.8 Å². The predicted octanol–water partition coefficient (Wildman–Crippen LogP) is -0.174. The van der Waals surface area contributed by atoms with Gasteiger partial charge in [-0.15, -0.1) is 0 Å². The third-order valence-corrected chi connectivity index (χ3v) is 16.8. The molecule has 0 saturated carbocycles. The molecule has 2 aromatic carbocycles. The first-order valence-electron chi connectivity index (χ1n) is 30.5. The van der Waals surface area contributed by atoms with E-state index in [-0.39, 0.29) is 122 Å². The molecule has 92 heavy (non-hydrogen) atoms. The van der Waals surface area contributed by atoms with Gasteiger partial charge in [0.1, 0.15) is 23.9 Å². The fourth-order valence-corrected chi connectivity index (χ4v) is 11.6. The molecule has 0 aliphatic carbocycles. The van der Waals surface area contributed by atoms with Crippen molar-refractivity contribution in [2.75, 3.05) is 156 Å². The quantitative estimate of drug-likeness (QED) is 0.0325. The fourth-order valence-electron chi connectivity index (χ4n) is 10.7. The first kappa shape index (κ1) is 72.9. The second kappa shape index (κ2) is 36.8. The molecule has 0 radical (unpaired) electrons. The summed E-state index contributed by atoms with van der Waals surface area (Å²) in [6, 6.07) is 12.2. The van der Waals surface area contributed by atoms with E-state index >= 15 is 0 Å². The SMILES string of the molecule is COC(=O)C[C@H](NC(=O)[C@H](CSCCNC(=O)CCCc1ccc(C)cc1)NC(=O)CN1CCN(CC(=O)O)CCN(CC(=O)O)CCN(CC(=O)O)CC1)C(=O)N1CCN(CCCOc2ccc3nccc(C(=O)NCC(=O)N4CC(F)(F)C[C@@H]4C#N)c3c2)CC1. The second-order valence-corrected chi connectivity index (χ2v) is 24.0. The zero-order chi connectivity index (χ0) is 66.7. The van der Waals surface area contributed by atoms with Gasteiger partial charge in [0.15, 0.2) is 0 Å². The number of esters is 1. The number of piperazine rings is 1. The van der Waals surface area contributed by atoms with Crippen molar-refractivity contribution >= 4 is 82.0 Å². The van der Waals surface area contributed by atoms with Crippen molar-refractivity contribution < 1.29 is 81.5 Å². The number of fused-ring (bicyclic) bond motifs is 1. The van der Waals surface area contributed by atoms with Crippen LogP contribution in [-0.2, 0) is 54.3 Å². The van der Waals surface area contributed by atoms with Gasteiger partial charge in [-0.3, -0.25) is 77.4 Å². The van der Waals surface area contributed by atoms with Crippen molar-refractivity contribution in [3.05, 3.63) is 71.4 Å². The Morgan fingerprint density at radius 2 is 1.34 bits per heavy atom. The molecule has 6 amide bonds. The third-order valence-electron chi connectivity index (χ3n) is 15.7. The van der Waals surface area contributed by atoms with Gasteiger partial charge in [0.25, 0.3) is 11.8 Å². The maximum Gasteiger partial charge on any atom is 0.317 e. The number of hydrogen-bond donors (Lipinski definition) is 7. The number of carboxylic acids is 3. The van der Waals surface area contributed by atoms with E-state index in [9.17, 15) is 77.3 Å². The molecule has 3 aliphatic heterocycles. The number of hydrogen-bond acceptors (Lipinski definition) is 20. The van der Waals surface area contributed by atoms with Crippen molar-refractivity contribution in [2.45, 2.75) is 69.5 Å². The van der Waals surface area contributed by atoms with E-state index in [1.165, 1.54) is 28.9 Å². The monoisotopic (exact) mass is 1310 g/mol. The van der Waals surface area contributed by atoms with E-state index in [0.29, 0.717) is 61.3 Å². The van der Waals surface area contributed by atoms with Gasteiger partial charge in [0.2, 0.25) is 29.5 Å². The highest BCUT2D eigenvalue weighted by atomic mass is 32.2. The number of alkyl halides is 2. The number of pyridine rings is 1. The smallest absolute Gasteiger partial charge is 0.317 e. The van der Waals surface area contributed by atoms with Gasteiger partial charge in [0, 0.05) is 128 Å². The molecule has 0 unspecified atom stereocenters. The number of amides is 6. The molecule has 31 heteroatoms. The Hall–Kier alpha value is -8.15. The number of carboxylic acid groups (broad SMARTS) is 3. The lowest BCUT2D eigenvalue weighted by Gasteiger charge is -2.36. The Balaban J connectivity index is 1.05. The largest absolute Gasteiger partial charge is 0.494 e. The van der Waals surface area contributed by atoms with Crippen LogP contribution in [0.3, 0.4) is 0 Å². The predicted molar refractivity (Wildman–Crippen MR) is 331 cm³/mol. The second-order valence-electron chi connectivity index (χ2n) is 22.8. The number of carbonyl (C=O) groups is 10. The molecule has 4 heterocycles. The van der Waals surface area contributed by atoms with Gasteiger partial charge in [-0.2, -0.15) is 17.0 Å². The van der Waals surface area contributed by atoms with E-state index < -0.39 is 103 Å². The minimum atomic E-state index is -3.21. The zero-order valence-electron chi connectivity index (χ0n) is 51.9. The summed E-state index contributed by atoms with van der Waals surface area (Å²) in [5, 5.41) is 49.5. The molecule has 28 nitrogen and oxygen atoms in total. The molecule has 0 bridgehead atoms. The number of benzene rings is 2. The van der Waals surface area contributed by atoms with Crippen LogP contribution in [-0.4, -0.2) is 294 Å². The highest BCUT2D eigenvalue weighted by Gasteiger charge is 2.47. The van der Waals surface area contributed by atoms with Crippen molar-refractivity contribution in [2.24, 2.45) is 0 Å². The molecule has 502 valence electrons. The number of carbonyl (C=O) groups excluding carboxylic acids is 7. The molecular formula is C61H83F2N13O15S. The van der Waals surface area contributed by atoms with Crippen molar-refractivity contribution in [1.29, 1.82) is 5.26 Å². The van der Waals surface area contributed by atoms with Crippen molar-refractivity contribution in [3.63, 3.8) is 0 Å². The van der Waals surface area contributed by atoms with E-state index in [4.69, 9.17) is 9.47 Å². The molecule has 0 spiro atoms. The van der Waals surface area contributed by atoms with E-state index in [2.05, 4.69) is 31.2 Å². The maximum atomic E-state index is 14.4. The number of aromatic nitrogens is 1. The van der Waals surface area contributed by atoms with Gasteiger partial charge in [-0.05, 0) is 56.0 Å². The number of nitrogens with one attached hydrogen (secondary N) is 4. The van der Waals surface area contributed by atoms with Crippen LogP contribution in [0.25, 0.3) is 10.9 Å². The summed E-state index contributed by atoms with van der Waals surface area (Å²) in [4.78, 5) is 145. The number of thioether (sulfide) groups is 1. The molecule has 3 aliphatic rings. The number of aliphatic carboxylic acids is 3. The van der Waals surface area contributed by atoms with E-state index in [1.807, 2.05) is 31.2 Å². The Morgan fingerprint density at radius 1 is 0.739 bits per heavy atom. The first-order chi connectivity index (χ1) is 44.0. The average molecular weight is 1310 g/mol. The third kappa shape index (κ3) is 24.8. The standard InChI is InChI=1S/C61H83F2N13O15S/c1-42-7-9-43(10-8-42)5-3-6-51(77)66-15-30-92-40-50(68-52(78)36-71-17-19-72(37-54(80)81)21-23-74(39-56(84)85)24-22-73(20-18-71)38-55(82)83)59(88)69-49(32-57(86)90-2)60(89)75-27-25-70(26-28-75)16-4-29-91-45-11-12-48-47(31-45)46(13-14-65-48)58(87)67-35-53(79)76-41-61(62,63)33-44(76)34-64/h7-14,31,44,49-50H,3-6,15-30,32-33,35-41H2,1-2H3,(H,66,77)(H,67,87)(H,68,78)(H,69,88)(H,80,81)(H,82,83)(H,84,85)/t44-,49+,50+/m1/s1. The van der Waals surface area contributed by atoms with Gasteiger partial charge < -0.3 is 55.9 Å².